The van der Waals surface area contributed by atoms with Gasteiger partial charge in [0.15, 0.2) is 0 Å². The van der Waals surface area contributed by atoms with Gasteiger partial charge in [-0.2, -0.15) is 0 Å². The minimum atomic E-state index is -0.142. The van der Waals surface area contributed by atoms with Gasteiger partial charge in [0.1, 0.15) is 0 Å². The zero-order chi connectivity index (χ0) is 12.8. The standard InChI is InChI=1S/C12H20N4O/c1-9(5-7-16(2)3)15-12(17)10-4-6-14-8-11(10)13/h4,6,8-9H,5,7,13H2,1-3H3,(H,15,17). The molecule has 0 aliphatic rings. The molecule has 5 nitrogen and oxygen atoms in total. The molecule has 0 aliphatic heterocycles. The molecule has 0 spiro atoms. The molecule has 1 rings (SSSR count). The van der Waals surface area contributed by atoms with Crippen LogP contribution in [0.3, 0.4) is 0 Å². The van der Waals surface area contributed by atoms with Crippen molar-refractivity contribution in [1.82, 2.24) is 15.2 Å². The average Bonchev–Trinajstić information content (AvgIpc) is 2.26. The van der Waals surface area contributed by atoms with Gasteiger partial charge in [-0.3, -0.25) is 9.78 Å². The number of hydrogen-bond donors (Lipinski definition) is 2. The Balaban J connectivity index is 2.52. The number of carbonyl (C=O) groups excluding carboxylic acids is 1. The summed E-state index contributed by atoms with van der Waals surface area (Å²) in [7, 11) is 4.02. The number of amides is 1. The molecule has 17 heavy (non-hydrogen) atoms. The second-order valence-corrected chi connectivity index (χ2v) is 4.43. The minimum absolute atomic E-state index is 0.123. The van der Waals surface area contributed by atoms with Crippen molar-refractivity contribution < 1.29 is 4.79 Å². The fourth-order valence-electron chi connectivity index (χ4n) is 1.44. The number of aromatic nitrogens is 1. The van der Waals surface area contributed by atoms with E-state index in [0.29, 0.717) is 11.3 Å². The molecule has 1 atom stereocenters. The van der Waals surface area contributed by atoms with Crippen molar-refractivity contribution in [2.75, 3.05) is 26.4 Å². The summed E-state index contributed by atoms with van der Waals surface area (Å²) < 4.78 is 0. The lowest BCUT2D eigenvalue weighted by Gasteiger charge is -2.17. The zero-order valence-electron chi connectivity index (χ0n) is 10.6. The molecule has 0 aromatic carbocycles. The summed E-state index contributed by atoms with van der Waals surface area (Å²) in [6, 6.07) is 1.75. The van der Waals surface area contributed by atoms with E-state index in [2.05, 4.69) is 15.2 Å². The highest BCUT2D eigenvalue weighted by molar-refractivity contribution is 5.98. The highest BCUT2D eigenvalue weighted by atomic mass is 16.1. The van der Waals surface area contributed by atoms with Gasteiger partial charge in [-0.1, -0.05) is 0 Å². The molecule has 3 N–H and O–H groups in total. The molecule has 1 heterocycles. The molecular weight excluding hydrogens is 216 g/mol. The minimum Gasteiger partial charge on any atom is -0.397 e. The van der Waals surface area contributed by atoms with Crippen LogP contribution in [0.2, 0.25) is 0 Å². The number of rotatable bonds is 5. The zero-order valence-corrected chi connectivity index (χ0v) is 10.6. The average molecular weight is 236 g/mol. The maximum atomic E-state index is 11.9. The molecule has 1 aromatic rings. The predicted octanol–water partition coefficient (Wildman–Crippen LogP) is 0.734. The number of anilines is 1. The number of hydrogen-bond acceptors (Lipinski definition) is 4. The second-order valence-electron chi connectivity index (χ2n) is 4.43. The Bertz CT molecular complexity index is 379. The van der Waals surface area contributed by atoms with Crippen molar-refractivity contribution in [3.63, 3.8) is 0 Å². The van der Waals surface area contributed by atoms with E-state index in [-0.39, 0.29) is 11.9 Å². The van der Waals surface area contributed by atoms with Crippen LogP contribution in [0.15, 0.2) is 18.5 Å². The number of nitrogens with zero attached hydrogens (tertiary/aromatic N) is 2. The number of carbonyl (C=O) groups is 1. The van der Waals surface area contributed by atoms with Crippen LogP contribution in [-0.2, 0) is 0 Å². The van der Waals surface area contributed by atoms with Crippen molar-refractivity contribution in [3.05, 3.63) is 24.0 Å². The van der Waals surface area contributed by atoms with Gasteiger partial charge >= 0.3 is 0 Å². The number of nitrogens with one attached hydrogen (secondary N) is 1. The van der Waals surface area contributed by atoms with Gasteiger partial charge in [-0.05, 0) is 40.1 Å². The van der Waals surface area contributed by atoms with Gasteiger partial charge in [0.25, 0.3) is 5.91 Å². The van der Waals surface area contributed by atoms with E-state index < -0.39 is 0 Å². The van der Waals surface area contributed by atoms with Crippen LogP contribution in [0.4, 0.5) is 5.69 Å². The van der Waals surface area contributed by atoms with Crippen molar-refractivity contribution >= 4 is 11.6 Å². The van der Waals surface area contributed by atoms with Crippen LogP contribution in [-0.4, -0.2) is 42.5 Å². The van der Waals surface area contributed by atoms with Crippen LogP contribution < -0.4 is 11.1 Å². The maximum absolute atomic E-state index is 11.9. The third kappa shape index (κ3) is 4.40. The summed E-state index contributed by atoms with van der Waals surface area (Å²) in [5, 5.41) is 2.92. The van der Waals surface area contributed by atoms with Crippen LogP contribution >= 0.6 is 0 Å². The maximum Gasteiger partial charge on any atom is 0.253 e. The van der Waals surface area contributed by atoms with Gasteiger partial charge in [0.2, 0.25) is 0 Å². The number of nitrogen functional groups attached to an aromatic ring is 1. The first kappa shape index (κ1) is 13.4. The molecule has 0 radical (unpaired) electrons. The van der Waals surface area contributed by atoms with Crippen LogP contribution in [0.25, 0.3) is 0 Å². The van der Waals surface area contributed by atoms with Crippen molar-refractivity contribution in [2.45, 2.75) is 19.4 Å². The van der Waals surface area contributed by atoms with Gasteiger partial charge in [0.05, 0.1) is 17.4 Å². The smallest absolute Gasteiger partial charge is 0.253 e. The van der Waals surface area contributed by atoms with E-state index >= 15 is 0 Å². The number of nitrogens with two attached hydrogens (primary N) is 1. The van der Waals surface area contributed by atoms with Crippen LogP contribution in [0.1, 0.15) is 23.7 Å². The van der Waals surface area contributed by atoms with Gasteiger partial charge < -0.3 is 16.0 Å². The lowest BCUT2D eigenvalue weighted by Crippen LogP contribution is -2.35. The predicted molar refractivity (Wildman–Crippen MR) is 68.7 cm³/mol. The number of pyridine rings is 1. The first-order valence-corrected chi connectivity index (χ1v) is 5.65. The first-order valence-electron chi connectivity index (χ1n) is 5.65. The summed E-state index contributed by atoms with van der Waals surface area (Å²) in [5.74, 6) is -0.142. The van der Waals surface area contributed by atoms with Gasteiger partial charge in [0, 0.05) is 12.2 Å². The summed E-state index contributed by atoms with van der Waals surface area (Å²) in [4.78, 5) is 17.8. The molecule has 0 fully saturated rings. The summed E-state index contributed by atoms with van der Waals surface area (Å²) in [6.07, 6.45) is 3.96. The highest BCUT2D eigenvalue weighted by Gasteiger charge is 2.12. The Morgan fingerprint density at radius 2 is 2.29 bits per heavy atom. The molecule has 5 heteroatoms. The molecule has 0 aliphatic carbocycles. The van der Waals surface area contributed by atoms with Crippen LogP contribution in [0, 0.1) is 0 Å². The molecule has 1 aromatic heterocycles. The Kier molecular flexibility index (Phi) is 4.90. The van der Waals surface area contributed by atoms with Crippen molar-refractivity contribution in [1.29, 1.82) is 0 Å². The Labute approximate surface area is 102 Å². The Hall–Kier alpha value is -1.62. The molecule has 1 amide bonds. The summed E-state index contributed by atoms with van der Waals surface area (Å²) in [6.45, 7) is 2.92. The quantitative estimate of drug-likeness (QED) is 0.790. The van der Waals surface area contributed by atoms with E-state index in [4.69, 9.17) is 5.73 Å². The topological polar surface area (TPSA) is 71.2 Å². The summed E-state index contributed by atoms with van der Waals surface area (Å²) in [5.41, 5.74) is 6.58. The molecule has 94 valence electrons. The van der Waals surface area contributed by atoms with E-state index in [1.807, 2.05) is 21.0 Å². The van der Waals surface area contributed by atoms with Gasteiger partial charge in [-0.15, -0.1) is 0 Å². The third-order valence-corrected chi connectivity index (χ3v) is 2.48. The van der Waals surface area contributed by atoms with Crippen LogP contribution in [0.5, 0.6) is 0 Å². The molecule has 0 bridgehead atoms. The van der Waals surface area contributed by atoms with Crippen molar-refractivity contribution in [3.8, 4) is 0 Å². The van der Waals surface area contributed by atoms with Gasteiger partial charge in [-0.25, -0.2) is 0 Å². The normalized spacial score (nSPS) is 12.5. The molecular formula is C12H20N4O. The van der Waals surface area contributed by atoms with E-state index in [9.17, 15) is 4.79 Å². The molecule has 1 unspecified atom stereocenters. The highest BCUT2D eigenvalue weighted by Crippen LogP contribution is 2.08. The fraction of sp³-hybridized carbons (Fsp3) is 0.500. The fourth-order valence-corrected chi connectivity index (χ4v) is 1.44. The lowest BCUT2D eigenvalue weighted by atomic mass is 10.2. The lowest BCUT2D eigenvalue weighted by molar-refractivity contribution is 0.0937. The second kappa shape index (κ2) is 6.20. The first-order chi connectivity index (χ1) is 8.00. The molecule has 0 saturated heterocycles. The molecule has 0 saturated carbocycles. The summed E-state index contributed by atoms with van der Waals surface area (Å²) >= 11 is 0. The van der Waals surface area contributed by atoms with Crippen molar-refractivity contribution in [2.24, 2.45) is 0 Å². The Morgan fingerprint density at radius 1 is 1.59 bits per heavy atom. The van der Waals surface area contributed by atoms with E-state index in [0.717, 1.165) is 13.0 Å². The largest absolute Gasteiger partial charge is 0.397 e. The Morgan fingerprint density at radius 3 is 2.88 bits per heavy atom. The van der Waals surface area contributed by atoms with E-state index in [1.165, 1.54) is 6.20 Å². The monoisotopic (exact) mass is 236 g/mol. The SMILES string of the molecule is CC(CCN(C)C)NC(=O)c1ccncc1N. The van der Waals surface area contributed by atoms with E-state index in [1.54, 1.807) is 12.3 Å². The third-order valence-electron chi connectivity index (χ3n) is 2.48.